The number of nitrogens with zero attached hydrogens (tertiary/aromatic N) is 4. The first kappa shape index (κ1) is 14.1. The Kier molecular flexibility index (Phi) is 3.68. The predicted octanol–water partition coefficient (Wildman–Crippen LogP) is 1.77. The fourth-order valence-corrected chi connectivity index (χ4v) is 3.08. The molecule has 1 fully saturated rings. The van der Waals surface area contributed by atoms with Crippen LogP contribution in [0.5, 0.6) is 0 Å². The van der Waals surface area contributed by atoms with Gasteiger partial charge in [0.05, 0.1) is 0 Å². The molecule has 0 aliphatic carbocycles. The van der Waals surface area contributed by atoms with Gasteiger partial charge in [0.25, 0.3) is 0 Å². The molecule has 5 nitrogen and oxygen atoms in total. The van der Waals surface area contributed by atoms with E-state index in [9.17, 15) is 4.79 Å². The van der Waals surface area contributed by atoms with Crippen molar-refractivity contribution in [3.63, 3.8) is 0 Å². The van der Waals surface area contributed by atoms with Crippen molar-refractivity contribution < 1.29 is 0 Å². The second-order valence-corrected chi connectivity index (χ2v) is 5.95. The SMILES string of the molecule is CC1CCCN1Cc1cccc(-c2nn(C)c(=O)n2C)c1. The molecule has 1 unspecified atom stereocenters. The minimum Gasteiger partial charge on any atom is -0.296 e. The van der Waals surface area contributed by atoms with E-state index in [0.717, 1.165) is 17.9 Å². The van der Waals surface area contributed by atoms with E-state index in [2.05, 4.69) is 29.1 Å². The zero-order valence-corrected chi connectivity index (χ0v) is 12.9. The van der Waals surface area contributed by atoms with E-state index < -0.39 is 0 Å². The summed E-state index contributed by atoms with van der Waals surface area (Å²) in [5.41, 5.74) is 2.18. The molecule has 1 aromatic heterocycles. The molecule has 1 aliphatic heterocycles. The summed E-state index contributed by atoms with van der Waals surface area (Å²) in [5, 5.41) is 4.32. The molecule has 21 heavy (non-hydrogen) atoms. The quantitative estimate of drug-likeness (QED) is 0.863. The molecule has 0 amide bonds. The molecule has 0 bridgehead atoms. The minimum absolute atomic E-state index is 0.0939. The summed E-state index contributed by atoms with van der Waals surface area (Å²) in [6.07, 6.45) is 2.57. The Morgan fingerprint density at radius 3 is 2.76 bits per heavy atom. The first-order valence-corrected chi connectivity index (χ1v) is 7.49. The third-order valence-corrected chi connectivity index (χ3v) is 4.39. The van der Waals surface area contributed by atoms with Crippen LogP contribution in [0.4, 0.5) is 0 Å². The van der Waals surface area contributed by atoms with Gasteiger partial charge in [0.2, 0.25) is 0 Å². The molecule has 0 radical (unpaired) electrons. The predicted molar refractivity (Wildman–Crippen MR) is 83.0 cm³/mol. The molecule has 2 aromatic rings. The van der Waals surface area contributed by atoms with Gasteiger partial charge >= 0.3 is 5.69 Å². The average molecular weight is 286 g/mol. The van der Waals surface area contributed by atoms with Gasteiger partial charge in [-0.3, -0.25) is 9.47 Å². The van der Waals surface area contributed by atoms with Crippen LogP contribution in [0.1, 0.15) is 25.3 Å². The van der Waals surface area contributed by atoms with E-state index in [1.807, 2.05) is 12.1 Å². The molecule has 2 heterocycles. The van der Waals surface area contributed by atoms with Crippen LogP contribution in [0.2, 0.25) is 0 Å². The van der Waals surface area contributed by atoms with Gasteiger partial charge in [-0.15, -0.1) is 5.10 Å². The monoisotopic (exact) mass is 286 g/mol. The number of hydrogen-bond acceptors (Lipinski definition) is 3. The molecule has 1 aromatic carbocycles. The van der Waals surface area contributed by atoms with Crippen LogP contribution in [-0.4, -0.2) is 31.8 Å². The van der Waals surface area contributed by atoms with E-state index in [1.165, 1.54) is 29.6 Å². The highest BCUT2D eigenvalue weighted by Crippen LogP contribution is 2.22. The highest BCUT2D eigenvalue weighted by atomic mass is 16.2. The number of hydrogen-bond donors (Lipinski definition) is 0. The Bertz CT molecular complexity index is 701. The standard InChI is InChI=1S/C16H22N4O/c1-12-6-5-9-20(12)11-13-7-4-8-14(10-13)15-17-19(3)16(21)18(15)2/h4,7-8,10,12H,5-6,9,11H2,1-3H3. The second kappa shape index (κ2) is 5.48. The van der Waals surface area contributed by atoms with Crippen LogP contribution in [0.3, 0.4) is 0 Å². The summed E-state index contributed by atoms with van der Waals surface area (Å²) < 4.78 is 2.97. The fraction of sp³-hybridized carbons (Fsp3) is 0.500. The third-order valence-electron chi connectivity index (χ3n) is 4.39. The van der Waals surface area contributed by atoms with E-state index in [4.69, 9.17) is 0 Å². The van der Waals surface area contributed by atoms with Crippen molar-refractivity contribution in [2.75, 3.05) is 6.54 Å². The summed E-state index contributed by atoms with van der Waals surface area (Å²) >= 11 is 0. The molecule has 1 aliphatic rings. The van der Waals surface area contributed by atoms with Crippen molar-refractivity contribution in [3.05, 3.63) is 40.3 Å². The molecule has 1 atom stereocenters. The van der Waals surface area contributed by atoms with Gasteiger partial charge in [-0.1, -0.05) is 18.2 Å². The number of aryl methyl sites for hydroxylation is 1. The van der Waals surface area contributed by atoms with Crippen molar-refractivity contribution in [1.82, 2.24) is 19.2 Å². The van der Waals surface area contributed by atoms with Crippen LogP contribution >= 0.6 is 0 Å². The third kappa shape index (κ3) is 2.65. The van der Waals surface area contributed by atoms with Crippen molar-refractivity contribution in [1.29, 1.82) is 0 Å². The number of aromatic nitrogens is 3. The van der Waals surface area contributed by atoms with Crippen LogP contribution in [0.15, 0.2) is 29.1 Å². The largest absolute Gasteiger partial charge is 0.345 e. The zero-order valence-electron chi connectivity index (χ0n) is 12.9. The van der Waals surface area contributed by atoms with Crippen LogP contribution < -0.4 is 5.69 Å². The molecular formula is C16H22N4O. The molecule has 0 N–H and O–H groups in total. The van der Waals surface area contributed by atoms with Gasteiger partial charge in [0, 0.05) is 32.2 Å². The topological polar surface area (TPSA) is 43.1 Å². The van der Waals surface area contributed by atoms with E-state index in [0.29, 0.717) is 6.04 Å². The number of benzene rings is 1. The molecular weight excluding hydrogens is 264 g/mol. The molecule has 5 heteroatoms. The molecule has 0 spiro atoms. The maximum Gasteiger partial charge on any atom is 0.345 e. The van der Waals surface area contributed by atoms with Gasteiger partial charge in [-0.05, 0) is 37.9 Å². The van der Waals surface area contributed by atoms with Gasteiger partial charge in [-0.2, -0.15) is 0 Å². The van der Waals surface area contributed by atoms with Gasteiger partial charge < -0.3 is 0 Å². The van der Waals surface area contributed by atoms with E-state index in [1.54, 1.807) is 18.7 Å². The number of rotatable bonds is 3. The molecule has 0 saturated carbocycles. The molecule has 1 saturated heterocycles. The summed E-state index contributed by atoms with van der Waals surface area (Å²) in [5.74, 6) is 0.721. The maximum atomic E-state index is 11.8. The summed E-state index contributed by atoms with van der Waals surface area (Å²) in [4.78, 5) is 14.3. The fourth-order valence-electron chi connectivity index (χ4n) is 3.08. The highest BCUT2D eigenvalue weighted by molar-refractivity contribution is 5.56. The van der Waals surface area contributed by atoms with Crippen molar-refractivity contribution in [2.45, 2.75) is 32.4 Å². The first-order chi connectivity index (χ1) is 10.1. The van der Waals surface area contributed by atoms with Gasteiger partial charge in [0.1, 0.15) is 0 Å². The zero-order chi connectivity index (χ0) is 15.0. The smallest absolute Gasteiger partial charge is 0.296 e. The lowest BCUT2D eigenvalue weighted by molar-refractivity contribution is 0.260. The van der Waals surface area contributed by atoms with Gasteiger partial charge in [0.15, 0.2) is 5.82 Å². The summed E-state index contributed by atoms with van der Waals surface area (Å²) in [7, 11) is 3.45. The lowest BCUT2D eigenvalue weighted by Crippen LogP contribution is -2.26. The Labute approximate surface area is 124 Å². The van der Waals surface area contributed by atoms with E-state index >= 15 is 0 Å². The van der Waals surface area contributed by atoms with Crippen molar-refractivity contribution >= 4 is 0 Å². The average Bonchev–Trinajstić information content (AvgIpc) is 2.98. The van der Waals surface area contributed by atoms with Crippen LogP contribution in [0, 0.1) is 0 Å². The Hall–Kier alpha value is -1.88. The first-order valence-electron chi connectivity index (χ1n) is 7.49. The molecule has 112 valence electrons. The van der Waals surface area contributed by atoms with Gasteiger partial charge in [-0.25, -0.2) is 9.48 Å². The summed E-state index contributed by atoms with van der Waals surface area (Å²) in [6, 6.07) is 9.01. The van der Waals surface area contributed by atoms with Crippen molar-refractivity contribution in [2.24, 2.45) is 14.1 Å². The summed E-state index contributed by atoms with van der Waals surface area (Å²) in [6.45, 7) is 4.43. The van der Waals surface area contributed by atoms with Crippen LogP contribution in [0.25, 0.3) is 11.4 Å². The Balaban J connectivity index is 1.89. The lowest BCUT2D eigenvalue weighted by atomic mass is 10.1. The normalized spacial score (nSPS) is 19.3. The van der Waals surface area contributed by atoms with Crippen LogP contribution in [-0.2, 0) is 20.6 Å². The lowest BCUT2D eigenvalue weighted by Gasteiger charge is -2.21. The Morgan fingerprint density at radius 2 is 2.14 bits per heavy atom. The maximum absolute atomic E-state index is 11.8. The Morgan fingerprint density at radius 1 is 1.33 bits per heavy atom. The number of likely N-dealkylation sites (tertiary alicyclic amines) is 1. The molecule has 3 rings (SSSR count). The van der Waals surface area contributed by atoms with E-state index in [-0.39, 0.29) is 5.69 Å². The van der Waals surface area contributed by atoms with Crippen molar-refractivity contribution in [3.8, 4) is 11.4 Å². The second-order valence-electron chi connectivity index (χ2n) is 5.95. The minimum atomic E-state index is -0.0939. The highest BCUT2D eigenvalue weighted by Gasteiger charge is 2.20.